The van der Waals surface area contributed by atoms with E-state index in [0.717, 1.165) is 5.92 Å². The maximum Gasteiger partial charge on any atom is 0.187 e. The smallest absolute Gasteiger partial charge is 0.187 e. The number of nitrogens with one attached hydrogen (secondary N) is 2. The highest BCUT2D eigenvalue weighted by Crippen LogP contribution is 2.58. The first-order chi connectivity index (χ1) is 10.6. The van der Waals surface area contributed by atoms with Crippen LogP contribution in [-0.2, 0) is 6.54 Å². The Morgan fingerprint density at radius 1 is 1.36 bits per heavy atom. The van der Waals surface area contributed by atoms with Crippen molar-refractivity contribution in [1.82, 2.24) is 10.7 Å². The van der Waals surface area contributed by atoms with Gasteiger partial charge in [0.1, 0.15) is 0 Å². The zero-order valence-corrected chi connectivity index (χ0v) is 14.0. The van der Waals surface area contributed by atoms with E-state index in [1.54, 1.807) is 0 Å². The molecule has 3 nitrogen and oxygen atoms in total. The van der Waals surface area contributed by atoms with Crippen LogP contribution in [0.3, 0.4) is 0 Å². The fraction of sp³-hybridized carbons (Fsp3) is 0.444. The van der Waals surface area contributed by atoms with Gasteiger partial charge in [-0.2, -0.15) is 5.10 Å². The summed E-state index contributed by atoms with van der Waals surface area (Å²) >= 11 is 5.25. The summed E-state index contributed by atoms with van der Waals surface area (Å²) in [5, 5.41) is 8.02. The summed E-state index contributed by atoms with van der Waals surface area (Å²) in [6.07, 6.45) is 6.76. The van der Waals surface area contributed by atoms with E-state index in [9.17, 15) is 0 Å². The van der Waals surface area contributed by atoms with E-state index in [1.165, 1.54) is 24.0 Å². The molecule has 1 aromatic rings. The molecule has 1 saturated carbocycles. The van der Waals surface area contributed by atoms with Gasteiger partial charge in [0, 0.05) is 6.54 Å². The average Bonchev–Trinajstić information content (AvgIpc) is 2.54. The van der Waals surface area contributed by atoms with Gasteiger partial charge in [-0.05, 0) is 53.4 Å². The lowest BCUT2D eigenvalue weighted by Gasteiger charge is -2.55. The standard InChI is InChI=1S/C18H23N3S/c1-18(2)15-9-8-14(16(18)10-15)12-20-21-17(22)19-11-13-6-4-3-5-7-13/h3-8,12,15-16H,9-11H2,1-2H3,(H2,19,21,22). The molecule has 0 aliphatic heterocycles. The Morgan fingerprint density at radius 2 is 2.14 bits per heavy atom. The van der Waals surface area contributed by atoms with Crippen molar-refractivity contribution in [3.05, 3.63) is 47.5 Å². The molecule has 116 valence electrons. The predicted molar refractivity (Wildman–Crippen MR) is 95.6 cm³/mol. The van der Waals surface area contributed by atoms with Gasteiger partial charge in [-0.3, -0.25) is 5.43 Å². The van der Waals surface area contributed by atoms with E-state index < -0.39 is 0 Å². The summed E-state index contributed by atoms with van der Waals surface area (Å²) in [5.74, 6) is 1.51. The second-order valence-electron chi connectivity index (χ2n) is 6.78. The fourth-order valence-electron chi connectivity index (χ4n) is 3.53. The Bertz CT molecular complexity index is 604. The van der Waals surface area contributed by atoms with Crippen LogP contribution in [-0.4, -0.2) is 11.3 Å². The second kappa shape index (κ2) is 6.21. The molecule has 2 atom stereocenters. The molecule has 0 saturated heterocycles. The topological polar surface area (TPSA) is 36.4 Å². The number of rotatable bonds is 4. The normalized spacial score (nSPS) is 25.3. The summed E-state index contributed by atoms with van der Waals surface area (Å²) in [4.78, 5) is 0. The summed E-state index contributed by atoms with van der Waals surface area (Å²) in [7, 11) is 0. The van der Waals surface area contributed by atoms with Crippen LogP contribution in [0.5, 0.6) is 0 Å². The third kappa shape index (κ3) is 3.07. The first kappa shape index (κ1) is 15.2. The predicted octanol–water partition coefficient (Wildman–Crippen LogP) is 3.63. The lowest BCUT2D eigenvalue weighted by Crippen LogP contribution is -2.48. The largest absolute Gasteiger partial charge is 0.357 e. The number of hydrogen-bond acceptors (Lipinski definition) is 2. The van der Waals surface area contributed by atoms with Gasteiger partial charge in [0.2, 0.25) is 0 Å². The van der Waals surface area contributed by atoms with Crippen LogP contribution < -0.4 is 10.7 Å². The highest BCUT2D eigenvalue weighted by molar-refractivity contribution is 7.80. The third-order valence-corrected chi connectivity index (χ3v) is 5.42. The average molecular weight is 313 g/mol. The van der Waals surface area contributed by atoms with Crippen molar-refractivity contribution in [3.63, 3.8) is 0 Å². The number of hydrogen-bond donors (Lipinski definition) is 2. The molecule has 0 spiro atoms. The van der Waals surface area contributed by atoms with Crippen molar-refractivity contribution >= 4 is 23.5 Å². The minimum atomic E-state index is 0.433. The van der Waals surface area contributed by atoms with E-state index in [-0.39, 0.29) is 0 Å². The van der Waals surface area contributed by atoms with Crippen molar-refractivity contribution in [1.29, 1.82) is 0 Å². The number of hydrazone groups is 1. The van der Waals surface area contributed by atoms with Gasteiger partial charge in [-0.1, -0.05) is 50.3 Å². The molecular formula is C18H23N3S. The minimum absolute atomic E-state index is 0.433. The molecule has 4 rings (SSSR count). The molecule has 3 aliphatic rings. The van der Waals surface area contributed by atoms with Crippen LogP contribution in [0, 0.1) is 17.3 Å². The van der Waals surface area contributed by atoms with Crippen molar-refractivity contribution in [2.45, 2.75) is 33.2 Å². The van der Waals surface area contributed by atoms with Crippen molar-refractivity contribution in [2.75, 3.05) is 0 Å². The SMILES string of the molecule is CC1(C)C2CC=C(C=NNC(=S)NCc3ccccc3)C1C2. The highest BCUT2D eigenvalue weighted by atomic mass is 32.1. The van der Waals surface area contributed by atoms with Gasteiger partial charge < -0.3 is 5.32 Å². The molecule has 2 unspecified atom stereocenters. The zero-order valence-electron chi connectivity index (χ0n) is 13.2. The van der Waals surface area contributed by atoms with Gasteiger partial charge in [0.15, 0.2) is 5.11 Å². The van der Waals surface area contributed by atoms with Crippen molar-refractivity contribution in [3.8, 4) is 0 Å². The lowest BCUT2D eigenvalue weighted by molar-refractivity contribution is -0.00126. The van der Waals surface area contributed by atoms with Crippen LogP contribution in [0.15, 0.2) is 47.1 Å². The van der Waals surface area contributed by atoms with Crippen LogP contribution in [0.1, 0.15) is 32.3 Å². The molecule has 0 amide bonds. The molecule has 1 fully saturated rings. The second-order valence-corrected chi connectivity index (χ2v) is 7.19. The van der Waals surface area contributed by atoms with Crippen LogP contribution >= 0.6 is 12.2 Å². The van der Waals surface area contributed by atoms with E-state index >= 15 is 0 Å². The summed E-state index contributed by atoms with van der Waals surface area (Å²) in [5.41, 5.74) is 5.90. The lowest BCUT2D eigenvalue weighted by atomic mass is 9.49. The maximum absolute atomic E-state index is 5.25. The van der Waals surface area contributed by atoms with E-state index in [4.69, 9.17) is 12.2 Å². The third-order valence-electron chi connectivity index (χ3n) is 5.19. The Kier molecular flexibility index (Phi) is 4.30. The van der Waals surface area contributed by atoms with Gasteiger partial charge >= 0.3 is 0 Å². The molecule has 2 bridgehead atoms. The molecule has 0 aromatic heterocycles. The molecule has 0 heterocycles. The Balaban J connectivity index is 1.46. The maximum atomic E-state index is 5.25. The van der Waals surface area contributed by atoms with Gasteiger partial charge in [-0.15, -0.1) is 0 Å². The van der Waals surface area contributed by atoms with Gasteiger partial charge in [0.25, 0.3) is 0 Å². The molecule has 22 heavy (non-hydrogen) atoms. The minimum Gasteiger partial charge on any atom is -0.357 e. The Morgan fingerprint density at radius 3 is 2.82 bits per heavy atom. The number of nitrogens with zero attached hydrogens (tertiary/aromatic N) is 1. The van der Waals surface area contributed by atoms with Crippen LogP contribution in [0.25, 0.3) is 0 Å². The van der Waals surface area contributed by atoms with Gasteiger partial charge in [0.05, 0.1) is 6.21 Å². The highest BCUT2D eigenvalue weighted by Gasteiger charge is 2.50. The van der Waals surface area contributed by atoms with E-state index in [2.05, 4.69) is 47.9 Å². The number of thiocarbonyl (C=S) groups is 1. The molecule has 4 heteroatoms. The van der Waals surface area contributed by atoms with Gasteiger partial charge in [-0.25, -0.2) is 0 Å². The van der Waals surface area contributed by atoms with Crippen LogP contribution in [0.4, 0.5) is 0 Å². The number of benzene rings is 1. The number of fused-ring (bicyclic) bond motifs is 1. The summed E-state index contributed by atoms with van der Waals surface area (Å²) in [6.45, 7) is 5.44. The Labute approximate surface area is 137 Å². The molecule has 3 aliphatic carbocycles. The molecule has 2 N–H and O–H groups in total. The van der Waals surface area contributed by atoms with E-state index in [0.29, 0.717) is 23.0 Å². The molecule has 1 aromatic carbocycles. The van der Waals surface area contributed by atoms with Crippen molar-refractivity contribution in [2.24, 2.45) is 22.4 Å². The summed E-state index contributed by atoms with van der Waals surface area (Å²) < 4.78 is 0. The Hall–Kier alpha value is -1.68. The quantitative estimate of drug-likeness (QED) is 0.506. The van der Waals surface area contributed by atoms with E-state index in [1.807, 2.05) is 24.4 Å². The first-order valence-corrected chi connectivity index (χ1v) is 8.29. The number of allylic oxidation sites excluding steroid dienone is 2. The van der Waals surface area contributed by atoms with Crippen molar-refractivity contribution < 1.29 is 0 Å². The van der Waals surface area contributed by atoms with Crippen LogP contribution in [0.2, 0.25) is 0 Å². The first-order valence-electron chi connectivity index (χ1n) is 7.88. The monoisotopic (exact) mass is 313 g/mol. The zero-order chi connectivity index (χ0) is 15.6. The fourth-order valence-corrected chi connectivity index (χ4v) is 3.65. The molecular weight excluding hydrogens is 290 g/mol. The molecule has 0 radical (unpaired) electrons. The summed E-state index contributed by atoms with van der Waals surface area (Å²) in [6, 6.07) is 10.2.